The Balaban J connectivity index is 2.18. The van der Waals surface area contributed by atoms with E-state index in [4.69, 9.17) is 9.47 Å². The Labute approximate surface area is 96.1 Å². The Morgan fingerprint density at radius 3 is 3.06 bits per heavy atom. The molecule has 3 nitrogen and oxygen atoms in total. The smallest absolute Gasteiger partial charge is 0.126 e. The summed E-state index contributed by atoms with van der Waals surface area (Å²) in [6, 6.07) is 5.91. The second-order valence-corrected chi connectivity index (χ2v) is 3.89. The number of ether oxygens (including phenoxy) is 2. The molecule has 86 valence electrons. The van der Waals surface area contributed by atoms with Gasteiger partial charge in [0.05, 0.1) is 12.8 Å². The van der Waals surface area contributed by atoms with Crippen LogP contribution in [0.3, 0.4) is 0 Å². The van der Waals surface area contributed by atoms with Gasteiger partial charge < -0.3 is 9.47 Å². The first-order chi connectivity index (χ1) is 7.83. The molecule has 0 saturated heterocycles. The molecule has 0 bridgehead atoms. The van der Waals surface area contributed by atoms with E-state index in [2.05, 4.69) is 11.9 Å². The lowest BCUT2D eigenvalue weighted by Gasteiger charge is -2.19. The van der Waals surface area contributed by atoms with Crippen LogP contribution in [-0.4, -0.2) is 26.0 Å². The van der Waals surface area contributed by atoms with Gasteiger partial charge in [0.15, 0.2) is 0 Å². The molecule has 2 rings (SSSR count). The predicted molar refractivity (Wildman–Crippen MR) is 64.8 cm³/mol. The monoisotopic (exact) mass is 219 g/mol. The molecule has 1 heterocycles. The average molecular weight is 219 g/mol. The Morgan fingerprint density at radius 2 is 2.31 bits per heavy atom. The van der Waals surface area contributed by atoms with E-state index in [0.717, 1.165) is 36.6 Å². The molecule has 0 radical (unpaired) electrons. The Hall–Kier alpha value is -1.51. The molecule has 0 fully saturated rings. The quantitative estimate of drug-likeness (QED) is 0.782. The van der Waals surface area contributed by atoms with Gasteiger partial charge in [-0.1, -0.05) is 6.92 Å². The molecule has 1 aliphatic heterocycles. The maximum absolute atomic E-state index is 5.65. The summed E-state index contributed by atoms with van der Waals surface area (Å²) in [7, 11) is 1.68. The summed E-state index contributed by atoms with van der Waals surface area (Å²) in [5.74, 6) is 1.83. The number of hydrogen-bond donors (Lipinski definition) is 0. The van der Waals surface area contributed by atoms with E-state index in [9.17, 15) is 0 Å². The SMILES string of the molecule is CCCN=C1COc2ccc(OC)cc2C1. The third kappa shape index (κ3) is 2.35. The van der Waals surface area contributed by atoms with Crippen LogP contribution in [-0.2, 0) is 6.42 Å². The molecule has 0 aromatic heterocycles. The molecular formula is C13H17NO2. The van der Waals surface area contributed by atoms with E-state index in [1.807, 2.05) is 18.2 Å². The molecule has 0 aliphatic carbocycles. The van der Waals surface area contributed by atoms with Crippen molar-refractivity contribution in [2.75, 3.05) is 20.3 Å². The molecule has 1 aromatic rings. The van der Waals surface area contributed by atoms with Gasteiger partial charge in [0.1, 0.15) is 18.1 Å². The third-order valence-corrected chi connectivity index (χ3v) is 2.62. The van der Waals surface area contributed by atoms with Gasteiger partial charge in [-0.2, -0.15) is 0 Å². The molecule has 0 N–H and O–H groups in total. The molecule has 0 unspecified atom stereocenters. The summed E-state index contributed by atoms with van der Waals surface area (Å²) in [5, 5.41) is 0. The summed E-state index contributed by atoms with van der Waals surface area (Å²) in [6.07, 6.45) is 1.96. The number of aliphatic imine (C=N–C) groups is 1. The van der Waals surface area contributed by atoms with Crippen LogP contribution >= 0.6 is 0 Å². The topological polar surface area (TPSA) is 30.8 Å². The number of nitrogens with zero attached hydrogens (tertiary/aromatic N) is 1. The van der Waals surface area contributed by atoms with Gasteiger partial charge in [0.25, 0.3) is 0 Å². The molecular weight excluding hydrogens is 202 g/mol. The minimum Gasteiger partial charge on any atom is -0.497 e. The van der Waals surface area contributed by atoms with Crippen LogP contribution in [0.2, 0.25) is 0 Å². The molecule has 3 heteroatoms. The fourth-order valence-electron chi connectivity index (χ4n) is 1.77. The van der Waals surface area contributed by atoms with Crippen molar-refractivity contribution >= 4 is 5.71 Å². The fraction of sp³-hybridized carbons (Fsp3) is 0.462. The summed E-state index contributed by atoms with van der Waals surface area (Å²) in [6.45, 7) is 3.64. The summed E-state index contributed by atoms with van der Waals surface area (Å²) in [5.41, 5.74) is 2.29. The standard InChI is InChI=1S/C13H17NO2/c1-3-6-14-11-7-10-8-12(15-2)4-5-13(10)16-9-11/h4-5,8H,3,6-7,9H2,1-2H3. The number of rotatable bonds is 3. The average Bonchev–Trinajstić information content (AvgIpc) is 2.35. The lowest BCUT2D eigenvalue weighted by Crippen LogP contribution is -2.21. The van der Waals surface area contributed by atoms with Crippen molar-refractivity contribution in [1.82, 2.24) is 0 Å². The summed E-state index contributed by atoms with van der Waals surface area (Å²) >= 11 is 0. The van der Waals surface area contributed by atoms with E-state index in [0.29, 0.717) is 6.61 Å². The van der Waals surface area contributed by atoms with E-state index in [1.54, 1.807) is 7.11 Å². The predicted octanol–water partition coefficient (Wildman–Crippen LogP) is 2.48. The van der Waals surface area contributed by atoms with Crippen LogP contribution in [0.5, 0.6) is 11.5 Å². The van der Waals surface area contributed by atoms with Crippen molar-refractivity contribution in [3.63, 3.8) is 0 Å². The van der Waals surface area contributed by atoms with Gasteiger partial charge in [-0.25, -0.2) is 0 Å². The first-order valence-corrected chi connectivity index (χ1v) is 5.65. The van der Waals surface area contributed by atoms with Crippen molar-refractivity contribution in [1.29, 1.82) is 0 Å². The van der Waals surface area contributed by atoms with Crippen LogP contribution in [0.4, 0.5) is 0 Å². The fourth-order valence-corrected chi connectivity index (χ4v) is 1.77. The lowest BCUT2D eigenvalue weighted by molar-refractivity contribution is 0.358. The molecule has 16 heavy (non-hydrogen) atoms. The summed E-state index contributed by atoms with van der Waals surface area (Å²) < 4.78 is 10.8. The summed E-state index contributed by atoms with van der Waals surface area (Å²) in [4.78, 5) is 4.51. The van der Waals surface area contributed by atoms with Crippen molar-refractivity contribution in [3.05, 3.63) is 23.8 Å². The van der Waals surface area contributed by atoms with Crippen molar-refractivity contribution < 1.29 is 9.47 Å². The largest absolute Gasteiger partial charge is 0.497 e. The second-order valence-electron chi connectivity index (χ2n) is 3.89. The van der Waals surface area contributed by atoms with Gasteiger partial charge in [-0.3, -0.25) is 4.99 Å². The highest BCUT2D eigenvalue weighted by molar-refractivity contribution is 5.90. The number of fused-ring (bicyclic) bond motifs is 1. The normalized spacial score (nSPS) is 16.8. The zero-order valence-corrected chi connectivity index (χ0v) is 9.82. The van der Waals surface area contributed by atoms with Gasteiger partial charge >= 0.3 is 0 Å². The molecule has 1 aromatic carbocycles. The van der Waals surface area contributed by atoms with E-state index < -0.39 is 0 Å². The van der Waals surface area contributed by atoms with Gasteiger partial charge in [-0.15, -0.1) is 0 Å². The Bertz CT molecular complexity index is 399. The van der Waals surface area contributed by atoms with E-state index in [-0.39, 0.29) is 0 Å². The maximum atomic E-state index is 5.65. The Morgan fingerprint density at radius 1 is 1.44 bits per heavy atom. The highest BCUT2D eigenvalue weighted by Gasteiger charge is 2.15. The zero-order chi connectivity index (χ0) is 11.4. The molecule has 1 aliphatic rings. The van der Waals surface area contributed by atoms with E-state index >= 15 is 0 Å². The molecule has 0 saturated carbocycles. The van der Waals surface area contributed by atoms with Crippen molar-refractivity contribution in [3.8, 4) is 11.5 Å². The van der Waals surface area contributed by atoms with Crippen LogP contribution in [0.25, 0.3) is 0 Å². The number of benzene rings is 1. The van der Waals surface area contributed by atoms with Gasteiger partial charge in [0, 0.05) is 18.5 Å². The number of hydrogen-bond acceptors (Lipinski definition) is 3. The highest BCUT2D eigenvalue weighted by Crippen LogP contribution is 2.27. The third-order valence-electron chi connectivity index (χ3n) is 2.62. The highest BCUT2D eigenvalue weighted by atomic mass is 16.5. The molecule has 0 atom stereocenters. The van der Waals surface area contributed by atoms with Crippen molar-refractivity contribution in [2.45, 2.75) is 19.8 Å². The molecule has 0 spiro atoms. The van der Waals surface area contributed by atoms with Crippen LogP contribution in [0.15, 0.2) is 23.2 Å². The van der Waals surface area contributed by atoms with Gasteiger partial charge in [0.2, 0.25) is 0 Å². The van der Waals surface area contributed by atoms with Crippen LogP contribution in [0.1, 0.15) is 18.9 Å². The van der Waals surface area contributed by atoms with Gasteiger partial charge in [-0.05, 0) is 24.6 Å². The maximum Gasteiger partial charge on any atom is 0.126 e. The zero-order valence-electron chi connectivity index (χ0n) is 9.82. The molecule has 0 amide bonds. The first kappa shape index (κ1) is 11.0. The minimum atomic E-state index is 0.624. The van der Waals surface area contributed by atoms with Crippen molar-refractivity contribution in [2.24, 2.45) is 4.99 Å². The van der Waals surface area contributed by atoms with Crippen LogP contribution in [0, 0.1) is 0 Å². The number of methoxy groups -OCH3 is 1. The lowest BCUT2D eigenvalue weighted by atomic mass is 10.0. The second kappa shape index (κ2) is 5.01. The Kier molecular flexibility index (Phi) is 3.44. The van der Waals surface area contributed by atoms with E-state index in [1.165, 1.54) is 5.56 Å². The minimum absolute atomic E-state index is 0.624. The first-order valence-electron chi connectivity index (χ1n) is 5.65. The van der Waals surface area contributed by atoms with Crippen LogP contribution < -0.4 is 9.47 Å².